The number of hydrogen-bond donors (Lipinski definition) is 1. The summed E-state index contributed by atoms with van der Waals surface area (Å²) in [6.45, 7) is 6.80. The Bertz CT molecular complexity index is 897. The summed E-state index contributed by atoms with van der Waals surface area (Å²) in [5.41, 5.74) is 1.31. The molecule has 3 heterocycles. The van der Waals surface area contributed by atoms with Crippen molar-refractivity contribution in [1.82, 2.24) is 19.8 Å². The van der Waals surface area contributed by atoms with Gasteiger partial charge in [-0.15, -0.1) is 24.8 Å². The Morgan fingerprint density at radius 2 is 1.83 bits per heavy atom. The molecule has 1 N–H and O–H groups in total. The maximum Gasteiger partial charge on any atom is 0.449 e. The molecule has 2 aromatic rings. The van der Waals surface area contributed by atoms with Crippen LogP contribution in [0.4, 0.5) is 13.2 Å². The number of hydrogen-bond acceptors (Lipinski definition) is 3. The summed E-state index contributed by atoms with van der Waals surface area (Å²) in [4.78, 5) is 18.5. The summed E-state index contributed by atoms with van der Waals surface area (Å²) in [5.74, 6) is -1.05. The van der Waals surface area contributed by atoms with Gasteiger partial charge in [-0.25, -0.2) is 4.98 Å². The van der Waals surface area contributed by atoms with Gasteiger partial charge in [-0.3, -0.25) is 4.79 Å². The zero-order valence-electron chi connectivity index (χ0n) is 17.0. The highest BCUT2D eigenvalue weighted by atomic mass is 35.5. The lowest BCUT2D eigenvalue weighted by Gasteiger charge is -2.38. The van der Waals surface area contributed by atoms with E-state index < -0.39 is 12.0 Å². The molecule has 1 aromatic carbocycles. The fourth-order valence-electron chi connectivity index (χ4n) is 4.54. The van der Waals surface area contributed by atoms with E-state index in [0.717, 1.165) is 32.4 Å². The zero-order chi connectivity index (χ0) is 20.1. The first kappa shape index (κ1) is 24.8. The lowest BCUT2D eigenvalue weighted by Crippen LogP contribution is -2.44. The van der Waals surface area contributed by atoms with Gasteiger partial charge in [0.25, 0.3) is 5.91 Å². The first-order valence-electron chi connectivity index (χ1n) is 9.79. The third-order valence-electron chi connectivity index (χ3n) is 6.15. The number of nitrogens with one attached hydrogen (secondary N) is 1. The van der Waals surface area contributed by atoms with Crippen LogP contribution in [0.25, 0.3) is 11.0 Å². The summed E-state index contributed by atoms with van der Waals surface area (Å²) in [6, 6.07) is 4.30. The molecular formula is C20H27Cl2F3N4O. The largest absolute Gasteiger partial charge is 0.449 e. The van der Waals surface area contributed by atoms with Crippen LogP contribution in [0.15, 0.2) is 18.2 Å². The molecule has 1 spiro atoms. The molecule has 2 aliphatic rings. The Balaban J connectivity index is 0.00000160. The highest BCUT2D eigenvalue weighted by Crippen LogP contribution is 2.38. The molecule has 168 valence electrons. The fraction of sp³-hybridized carbons (Fsp3) is 0.600. The maximum atomic E-state index is 13.4. The minimum atomic E-state index is -4.54. The van der Waals surface area contributed by atoms with Crippen LogP contribution in [0.5, 0.6) is 0 Å². The van der Waals surface area contributed by atoms with Gasteiger partial charge in [0, 0.05) is 31.2 Å². The van der Waals surface area contributed by atoms with Gasteiger partial charge in [0.15, 0.2) is 0 Å². The average molecular weight is 467 g/mol. The highest BCUT2D eigenvalue weighted by Gasteiger charge is 2.39. The van der Waals surface area contributed by atoms with Crippen molar-refractivity contribution in [3.8, 4) is 0 Å². The van der Waals surface area contributed by atoms with Crippen molar-refractivity contribution in [1.29, 1.82) is 0 Å². The van der Waals surface area contributed by atoms with Crippen molar-refractivity contribution in [3.05, 3.63) is 29.6 Å². The molecule has 0 saturated carbocycles. The van der Waals surface area contributed by atoms with Gasteiger partial charge < -0.3 is 14.8 Å². The average Bonchev–Trinajstić information content (AvgIpc) is 3.25. The van der Waals surface area contributed by atoms with Crippen LogP contribution in [0.1, 0.15) is 55.3 Å². The minimum Gasteiger partial charge on any atom is -0.339 e. The van der Waals surface area contributed by atoms with Gasteiger partial charge >= 0.3 is 6.18 Å². The summed E-state index contributed by atoms with van der Waals surface area (Å²) < 4.78 is 41.3. The molecule has 1 aromatic heterocycles. The Hall–Kier alpha value is -1.51. The first-order chi connectivity index (χ1) is 13.2. The molecule has 2 saturated heterocycles. The number of imidazole rings is 1. The lowest BCUT2D eigenvalue weighted by atomic mass is 9.78. The van der Waals surface area contributed by atoms with E-state index in [0.29, 0.717) is 29.6 Å². The second-order valence-corrected chi connectivity index (χ2v) is 8.32. The molecule has 10 heteroatoms. The number of likely N-dealkylation sites (tertiary alicyclic amines) is 1. The fourth-order valence-corrected chi connectivity index (χ4v) is 4.54. The molecule has 0 bridgehead atoms. The standard InChI is InChI=1S/C20H25F3N4O.2ClH/c1-13(2)27-16-4-3-14(11-15(16)25-18(27)20(21,22)23)17(28)26-9-6-19(7-10-26)5-8-24-12-19;;/h3-4,11,13,24H,5-10,12H2,1-2H3;2*1H. The normalized spacial score (nSPS) is 18.5. The van der Waals surface area contributed by atoms with Gasteiger partial charge in [-0.2, -0.15) is 13.2 Å². The summed E-state index contributed by atoms with van der Waals surface area (Å²) in [6.07, 6.45) is -1.46. The van der Waals surface area contributed by atoms with Gasteiger partial charge in [0.1, 0.15) is 0 Å². The molecule has 30 heavy (non-hydrogen) atoms. The Labute approximate surface area is 186 Å². The summed E-state index contributed by atoms with van der Waals surface area (Å²) >= 11 is 0. The van der Waals surface area contributed by atoms with E-state index in [2.05, 4.69) is 10.3 Å². The van der Waals surface area contributed by atoms with Crippen LogP contribution in [0, 0.1) is 5.41 Å². The molecule has 2 aliphatic heterocycles. The molecule has 0 radical (unpaired) electrons. The van der Waals surface area contributed by atoms with E-state index >= 15 is 0 Å². The number of halogens is 5. The Morgan fingerprint density at radius 3 is 2.37 bits per heavy atom. The Kier molecular flexibility index (Phi) is 7.37. The van der Waals surface area contributed by atoms with Gasteiger partial charge in [-0.1, -0.05) is 0 Å². The van der Waals surface area contributed by atoms with Crippen LogP contribution in [-0.2, 0) is 6.18 Å². The van der Waals surface area contributed by atoms with Crippen molar-refractivity contribution < 1.29 is 18.0 Å². The number of piperidine rings is 1. The first-order valence-corrected chi connectivity index (χ1v) is 9.79. The molecule has 2 fully saturated rings. The van der Waals surface area contributed by atoms with Crippen molar-refractivity contribution >= 4 is 41.8 Å². The van der Waals surface area contributed by atoms with E-state index in [4.69, 9.17) is 0 Å². The number of amides is 1. The molecule has 4 rings (SSSR count). The number of benzene rings is 1. The van der Waals surface area contributed by atoms with Crippen LogP contribution in [0.3, 0.4) is 0 Å². The quantitative estimate of drug-likeness (QED) is 0.697. The predicted molar refractivity (Wildman–Crippen MR) is 115 cm³/mol. The van der Waals surface area contributed by atoms with E-state index in [1.807, 2.05) is 4.90 Å². The van der Waals surface area contributed by atoms with Crippen LogP contribution in [-0.4, -0.2) is 46.5 Å². The van der Waals surface area contributed by atoms with E-state index in [-0.39, 0.29) is 42.3 Å². The van der Waals surface area contributed by atoms with Gasteiger partial charge in [0.05, 0.1) is 11.0 Å². The number of carbonyl (C=O) groups is 1. The molecule has 0 unspecified atom stereocenters. The third kappa shape index (κ3) is 4.41. The summed E-state index contributed by atoms with van der Waals surface area (Å²) in [7, 11) is 0. The zero-order valence-corrected chi connectivity index (χ0v) is 18.6. The van der Waals surface area contributed by atoms with E-state index in [1.54, 1.807) is 26.0 Å². The maximum absolute atomic E-state index is 13.4. The highest BCUT2D eigenvalue weighted by molar-refractivity contribution is 5.97. The van der Waals surface area contributed by atoms with Crippen molar-refractivity contribution in [2.45, 2.75) is 45.3 Å². The number of aromatic nitrogens is 2. The SMILES string of the molecule is CC(C)n1c(C(F)(F)F)nc2cc(C(=O)N3CCC4(CCNC4)CC3)ccc21.Cl.Cl. The van der Waals surface area contributed by atoms with Crippen LogP contribution in [0.2, 0.25) is 0 Å². The number of alkyl halides is 3. The number of carbonyl (C=O) groups excluding carboxylic acids is 1. The third-order valence-corrected chi connectivity index (χ3v) is 6.15. The Morgan fingerprint density at radius 1 is 1.17 bits per heavy atom. The second-order valence-electron chi connectivity index (χ2n) is 8.32. The molecule has 5 nitrogen and oxygen atoms in total. The smallest absolute Gasteiger partial charge is 0.339 e. The van der Waals surface area contributed by atoms with Crippen molar-refractivity contribution in [3.63, 3.8) is 0 Å². The molecular weight excluding hydrogens is 440 g/mol. The monoisotopic (exact) mass is 466 g/mol. The number of fused-ring (bicyclic) bond motifs is 1. The lowest BCUT2D eigenvalue weighted by molar-refractivity contribution is -0.147. The molecule has 1 amide bonds. The summed E-state index contributed by atoms with van der Waals surface area (Å²) in [5, 5.41) is 3.40. The predicted octanol–water partition coefficient (Wildman–Crippen LogP) is 4.70. The number of rotatable bonds is 2. The van der Waals surface area contributed by atoms with Crippen molar-refractivity contribution in [2.75, 3.05) is 26.2 Å². The van der Waals surface area contributed by atoms with Crippen molar-refractivity contribution in [2.24, 2.45) is 5.41 Å². The van der Waals surface area contributed by atoms with Crippen LogP contribution < -0.4 is 5.32 Å². The van der Waals surface area contributed by atoms with E-state index in [9.17, 15) is 18.0 Å². The van der Waals surface area contributed by atoms with Crippen LogP contribution >= 0.6 is 24.8 Å². The minimum absolute atomic E-state index is 0. The van der Waals surface area contributed by atoms with E-state index in [1.165, 1.54) is 10.6 Å². The second kappa shape index (κ2) is 8.93. The van der Waals surface area contributed by atoms with Gasteiger partial charge in [0.2, 0.25) is 5.82 Å². The topological polar surface area (TPSA) is 50.2 Å². The number of nitrogens with zero attached hydrogens (tertiary/aromatic N) is 3. The molecule has 0 aliphatic carbocycles. The van der Waals surface area contributed by atoms with Gasteiger partial charge in [-0.05, 0) is 63.3 Å². The molecule has 0 atom stereocenters.